The first kappa shape index (κ1) is 15.0. The van der Waals surface area contributed by atoms with Crippen molar-refractivity contribution in [2.45, 2.75) is 24.7 Å². The summed E-state index contributed by atoms with van der Waals surface area (Å²) in [4.78, 5) is -0.0426. The van der Waals surface area contributed by atoms with Crippen molar-refractivity contribution in [2.24, 2.45) is 0 Å². The molecule has 2 N–H and O–H groups in total. The van der Waals surface area contributed by atoms with E-state index in [1.54, 1.807) is 6.07 Å². The molecule has 5 nitrogen and oxygen atoms in total. The van der Waals surface area contributed by atoms with Gasteiger partial charge in [0.15, 0.2) is 5.82 Å². The zero-order valence-corrected chi connectivity index (χ0v) is 13.1. The molecule has 1 aromatic carbocycles. The van der Waals surface area contributed by atoms with Crippen LogP contribution in [0.4, 0.5) is 10.2 Å². The van der Waals surface area contributed by atoms with Crippen molar-refractivity contribution in [3.05, 3.63) is 40.2 Å². The molecule has 108 valence electrons. The Morgan fingerprint density at radius 1 is 1.40 bits per heavy atom. The smallest absolute Gasteiger partial charge is 0.264 e. The number of benzene rings is 1. The Labute approximate surface area is 124 Å². The molecule has 0 spiro atoms. The second-order valence-electron chi connectivity index (χ2n) is 4.21. The van der Waals surface area contributed by atoms with Crippen molar-refractivity contribution in [3.8, 4) is 0 Å². The molecule has 0 aliphatic carbocycles. The van der Waals surface area contributed by atoms with Crippen LogP contribution in [0.15, 0.2) is 33.6 Å². The number of sulfonamides is 1. The van der Waals surface area contributed by atoms with Gasteiger partial charge in [-0.25, -0.2) is 12.8 Å². The first-order chi connectivity index (χ1) is 9.42. The predicted octanol–water partition coefficient (Wildman–Crippen LogP) is 3.06. The lowest BCUT2D eigenvalue weighted by molar-refractivity contribution is 0.598. The number of nitrogens with zero attached hydrogens (tertiary/aromatic N) is 1. The summed E-state index contributed by atoms with van der Waals surface area (Å²) in [6.45, 7) is 2.01. The van der Waals surface area contributed by atoms with Gasteiger partial charge in [0.25, 0.3) is 10.0 Å². The summed E-state index contributed by atoms with van der Waals surface area (Å²) in [5.41, 5.74) is 0.850. The summed E-state index contributed by atoms with van der Waals surface area (Å²) < 4.78 is 39.9. The van der Waals surface area contributed by atoms with Crippen LogP contribution in [0, 0.1) is 5.82 Å². The molecule has 0 aliphatic rings. The highest BCUT2D eigenvalue weighted by atomic mass is 79.9. The SMILES string of the molecule is CCCc1cc(NS(=O)(=O)c2ccc(F)cc2Br)n[nH]1. The van der Waals surface area contributed by atoms with Crippen molar-refractivity contribution >= 4 is 31.8 Å². The molecule has 0 radical (unpaired) electrons. The van der Waals surface area contributed by atoms with E-state index in [-0.39, 0.29) is 15.2 Å². The van der Waals surface area contributed by atoms with E-state index in [0.717, 1.165) is 30.7 Å². The molecule has 0 atom stereocenters. The molecule has 0 saturated heterocycles. The number of halogens is 2. The Balaban J connectivity index is 2.26. The van der Waals surface area contributed by atoms with Crippen molar-refractivity contribution < 1.29 is 12.8 Å². The average Bonchev–Trinajstić information content (AvgIpc) is 2.75. The highest BCUT2D eigenvalue weighted by Crippen LogP contribution is 2.24. The van der Waals surface area contributed by atoms with Gasteiger partial charge >= 0.3 is 0 Å². The number of nitrogens with one attached hydrogen (secondary N) is 2. The minimum atomic E-state index is -3.81. The largest absolute Gasteiger partial charge is 0.280 e. The molecule has 20 heavy (non-hydrogen) atoms. The molecule has 0 amide bonds. The fraction of sp³-hybridized carbons (Fsp3) is 0.250. The zero-order chi connectivity index (χ0) is 14.8. The second-order valence-corrected chi connectivity index (χ2v) is 6.71. The molecule has 1 heterocycles. The van der Waals surface area contributed by atoms with E-state index in [4.69, 9.17) is 0 Å². The number of hydrogen-bond donors (Lipinski definition) is 2. The van der Waals surface area contributed by atoms with Gasteiger partial charge in [-0.3, -0.25) is 9.82 Å². The van der Waals surface area contributed by atoms with Crippen molar-refractivity contribution in [1.29, 1.82) is 0 Å². The standard InChI is InChI=1S/C12H13BrFN3O2S/c1-2-3-9-7-12(16-15-9)17-20(18,19)11-5-4-8(14)6-10(11)13/h4-7H,2-3H2,1H3,(H2,15,16,17). The van der Waals surface area contributed by atoms with Crippen LogP contribution in [0.25, 0.3) is 0 Å². The fourth-order valence-corrected chi connectivity index (χ4v) is 3.74. The fourth-order valence-electron chi connectivity index (χ4n) is 1.70. The van der Waals surface area contributed by atoms with Gasteiger partial charge in [-0.1, -0.05) is 13.3 Å². The summed E-state index contributed by atoms with van der Waals surface area (Å²) in [5, 5.41) is 6.64. The van der Waals surface area contributed by atoms with Crippen molar-refractivity contribution in [1.82, 2.24) is 10.2 Å². The molecule has 0 bridgehead atoms. The first-order valence-corrected chi connectivity index (χ1v) is 8.22. The minimum Gasteiger partial charge on any atom is -0.280 e. The van der Waals surface area contributed by atoms with E-state index < -0.39 is 15.8 Å². The van der Waals surface area contributed by atoms with Gasteiger partial charge in [0.1, 0.15) is 10.7 Å². The molecule has 1 aromatic heterocycles. The Morgan fingerprint density at radius 2 is 2.15 bits per heavy atom. The monoisotopic (exact) mass is 361 g/mol. The molecule has 0 unspecified atom stereocenters. The highest BCUT2D eigenvalue weighted by molar-refractivity contribution is 9.10. The van der Waals surface area contributed by atoms with E-state index in [1.807, 2.05) is 6.92 Å². The average molecular weight is 362 g/mol. The Bertz CT molecular complexity index is 715. The summed E-state index contributed by atoms with van der Waals surface area (Å²) in [6, 6.07) is 5.02. The number of aromatic amines is 1. The first-order valence-electron chi connectivity index (χ1n) is 5.94. The Kier molecular flexibility index (Phi) is 4.44. The minimum absolute atomic E-state index is 0.0426. The van der Waals surface area contributed by atoms with Crippen LogP contribution in [0.1, 0.15) is 19.0 Å². The van der Waals surface area contributed by atoms with Crippen LogP contribution in [0.3, 0.4) is 0 Å². The zero-order valence-electron chi connectivity index (χ0n) is 10.7. The number of aryl methyl sites for hydroxylation is 1. The lowest BCUT2D eigenvalue weighted by Gasteiger charge is -2.07. The van der Waals surface area contributed by atoms with E-state index >= 15 is 0 Å². The molecule has 2 aromatic rings. The lowest BCUT2D eigenvalue weighted by atomic mass is 10.2. The van der Waals surface area contributed by atoms with Crippen molar-refractivity contribution in [2.75, 3.05) is 4.72 Å². The number of hydrogen-bond acceptors (Lipinski definition) is 3. The Hall–Kier alpha value is -1.41. The third-order valence-corrected chi connectivity index (χ3v) is 4.90. The number of H-pyrrole nitrogens is 1. The molecular weight excluding hydrogens is 349 g/mol. The van der Waals surface area contributed by atoms with Gasteiger partial charge in [-0.05, 0) is 40.5 Å². The van der Waals surface area contributed by atoms with Gasteiger partial charge in [0.2, 0.25) is 0 Å². The normalized spacial score (nSPS) is 11.6. The maximum atomic E-state index is 13.0. The number of anilines is 1. The van der Waals surface area contributed by atoms with Gasteiger partial charge < -0.3 is 0 Å². The van der Waals surface area contributed by atoms with Gasteiger partial charge in [-0.15, -0.1) is 0 Å². The van der Waals surface area contributed by atoms with Crippen LogP contribution in [-0.4, -0.2) is 18.6 Å². The molecule has 0 saturated carbocycles. The van der Waals surface area contributed by atoms with Crippen LogP contribution in [0.5, 0.6) is 0 Å². The summed E-state index contributed by atoms with van der Waals surface area (Å²) in [7, 11) is -3.81. The van der Waals surface area contributed by atoms with E-state index in [9.17, 15) is 12.8 Å². The number of aromatic nitrogens is 2. The molecule has 2 rings (SSSR count). The third kappa shape index (κ3) is 3.37. The maximum absolute atomic E-state index is 13.0. The molecular formula is C12H13BrFN3O2S. The van der Waals surface area contributed by atoms with Gasteiger partial charge in [0.05, 0.1) is 0 Å². The Morgan fingerprint density at radius 3 is 2.80 bits per heavy atom. The molecule has 0 aliphatic heterocycles. The van der Waals surface area contributed by atoms with E-state index in [1.165, 1.54) is 6.07 Å². The van der Waals surface area contributed by atoms with Crippen molar-refractivity contribution in [3.63, 3.8) is 0 Å². The predicted molar refractivity (Wildman–Crippen MR) is 77.5 cm³/mol. The highest BCUT2D eigenvalue weighted by Gasteiger charge is 2.19. The summed E-state index contributed by atoms with van der Waals surface area (Å²) in [5.74, 6) is -0.300. The van der Waals surface area contributed by atoms with Gasteiger partial charge in [-0.2, -0.15) is 5.10 Å². The van der Waals surface area contributed by atoms with Crippen LogP contribution in [0.2, 0.25) is 0 Å². The number of rotatable bonds is 5. The second kappa shape index (κ2) is 5.92. The van der Waals surface area contributed by atoms with Gasteiger partial charge in [0, 0.05) is 16.2 Å². The summed E-state index contributed by atoms with van der Waals surface area (Å²) in [6.07, 6.45) is 1.72. The quantitative estimate of drug-likeness (QED) is 0.859. The topological polar surface area (TPSA) is 74.8 Å². The maximum Gasteiger partial charge on any atom is 0.264 e. The molecule has 0 fully saturated rings. The molecule has 8 heteroatoms. The lowest BCUT2D eigenvalue weighted by Crippen LogP contribution is -2.14. The van der Waals surface area contributed by atoms with Crippen LogP contribution < -0.4 is 4.72 Å². The third-order valence-electron chi connectivity index (χ3n) is 2.57. The van der Waals surface area contributed by atoms with E-state index in [2.05, 4.69) is 30.8 Å². The van der Waals surface area contributed by atoms with Crippen LogP contribution >= 0.6 is 15.9 Å². The van der Waals surface area contributed by atoms with E-state index in [0.29, 0.717) is 0 Å². The van der Waals surface area contributed by atoms with Crippen LogP contribution in [-0.2, 0) is 16.4 Å². The summed E-state index contributed by atoms with van der Waals surface area (Å²) >= 11 is 3.04.